The van der Waals surface area contributed by atoms with Gasteiger partial charge in [0.15, 0.2) is 0 Å². The summed E-state index contributed by atoms with van der Waals surface area (Å²) in [6, 6.07) is 5.99. The van der Waals surface area contributed by atoms with Crippen LogP contribution in [0.2, 0.25) is 0 Å². The quantitative estimate of drug-likeness (QED) is 0.668. The molecule has 2 rings (SSSR count). The predicted molar refractivity (Wildman–Crippen MR) is 56.0 cm³/mol. The molecular formula is C12H16FN. The predicted octanol–water partition coefficient (Wildman–Crippen LogP) is 2.67. The van der Waals surface area contributed by atoms with Crippen LogP contribution in [0.25, 0.3) is 0 Å². The van der Waals surface area contributed by atoms with Gasteiger partial charge in [0.05, 0.1) is 0 Å². The largest absolute Gasteiger partial charge is 0.313 e. The summed E-state index contributed by atoms with van der Waals surface area (Å²) in [7, 11) is 0. The molecule has 1 aliphatic rings. The molecule has 0 fully saturated rings. The Bertz CT molecular complexity index is 344. The van der Waals surface area contributed by atoms with Crippen LogP contribution in [0, 0.1) is 6.92 Å². The molecule has 1 heterocycles. The number of alkyl halides is 1. The molecule has 0 saturated heterocycles. The van der Waals surface area contributed by atoms with E-state index in [1.165, 1.54) is 5.56 Å². The monoisotopic (exact) mass is 193 g/mol. The molecule has 1 nitrogen and oxygen atoms in total. The molecule has 1 aliphatic heterocycles. The molecule has 1 unspecified atom stereocenters. The van der Waals surface area contributed by atoms with E-state index in [0.717, 1.165) is 24.2 Å². The average Bonchev–Trinajstić information content (AvgIpc) is 2.25. The average molecular weight is 193 g/mol. The van der Waals surface area contributed by atoms with Crippen molar-refractivity contribution in [2.24, 2.45) is 0 Å². The lowest BCUT2D eigenvalue weighted by atomic mass is 9.90. The highest BCUT2D eigenvalue weighted by Crippen LogP contribution is 2.33. The third-order valence-electron chi connectivity index (χ3n) is 2.91. The van der Waals surface area contributed by atoms with Crippen LogP contribution in [-0.2, 0) is 12.2 Å². The van der Waals surface area contributed by atoms with Crippen molar-refractivity contribution in [3.05, 3.63) is 34.9 Å². The molecule has 14 heavy (non-hydrogen) atoms. The lowest BCUT2D eigenvalue weighted by Crippen LogP contribution is -2.18. The first kappa shape index (κ1) is 9.66. The number of benzene rings is 1. The SMILES string of the molecule is Cc1ccc2c(c1)CNCCC2(C)F. The van der Waals surface area contributed by atoms with E-state index < -0.39 is 5.67 Å². The number of hydrogen-bond acceptors (Lipinski definition) is 1. The van der Waals surface area contributed by atoms with E-state index in [0.29, 0.717) is 6.42 Å². The van der Waals surface area contributed by atoms with E-state index in [1.807, 2.05) is 19.1 Å². The van der Waals surface area contributed by atoms with Gasteiger partial charge in [-0.15, -0.1) is 0 Å². The lowest BCUT2D eigenvalue weighted by molar-refractivity contribution is 0.180. The second kappa shape index (κ2) is 3.35. The molecule has 0 amide bonds. The highest BCUT2D eigenvalue weighted by molar-refractivity contribution is 5.36. The maximum atomic E-state index is 14.2. The maximum Gasteiger partial charge on any atom is 0.134 e. The van der Waals surface area contributed by atoms with E-state index in [9.17, 15) is 4.39 Å². The third-order valence-corrected chi connectivity index (χ3v) is 2.91. The van der Waals surface area contributed by atoms with Crippen LogP contribution >= 0.6 is 0 Å². The fraction of sp³-hybridized carbons (Fsp3) is 0.500. The summed E-state index contributed by atoms with van der Waals surface area (Å²) in [6.45, 7) is 5.26. The molecule has 0 spiro atoms. The van der Waals surface area contributed by atoms with E-state index in [-0.39, 0.29) is 0 Å². The van der Waals surface area contributed by atoms with Crippen LogP contribution in [0.15, 0.2) is 18.2 Å². The topological polar surface area (TPSA) is 12.0 Å². The van der Waals surface area contributed by atoms with Crippen molar-refractivity contribution in [1.29, 1.82) is 0 Å². The lowest BCUT2D eigenvalue weighted by Gasteiger charge is -2.20. The Morgan fingerprint density at radius 1 is 1.43 bits per heavy atom. The van der Waals surface area contributed by atoms with Gasteiger partial charge in [0, 0.05) is 6.54 Å². The van der Waals surface area contributed by atoms with Crippen molar-refractivity contribution in [1.82, 2.24) is 5.32 Å². The van der Waals surface area contributed by atoms with Gasteiger partial charge >= 0.3 is 0 Å². The Morgan fingerprint density at radius 3 is 3.00 bits per heavy atom. The van der Waals surface area contributed by atoms with Crippen LogP contribution in [0.1, 0.15) is 30.0 Å². The molecule has 76 valence electrons. The van der Waals surface area contributed by atoms with Gasteiger partial charge in [-0.2, -0.15) is 0 Å². The van der Waals surface area contributed by atoms with E-state index in [1.54, 1.807) is 6.92 Å². The summed E-state index contributed by atoms with van der Waals surface area (Å²) in [5.41, 5.74) is 1.98. The zero-order chi connectivity index (χ0) is 10.2. The minimum Gasteiger partial charge on any atom is -0.313 e. The van der Waals surface area contributed by atoms with Crippen LogP contribution in [-0.4, -0.2) is 6.54 Å². The summed E-state index contributed by atoms with van der Waals surface area (Å²) >= 11 is 0. The Kier molecular flexibility index (Phi) is 2.31. The highest BCUT2D eigenvalue weighted by atomic mass is 19.1. The normalized spacial score (nSPS) is 26.8. The molecular weight excluding hydrogens is 177 g/mol. The van der Waals surface area contributed by atoms with Gasteiger partial charge in [-0.3, -0.25) is 0 Å². The molecule has 1 aromatic rings. The number of fused-ring (bicyclic) bond motifs is 1. The second-order valence-corrected chi connectivity index (χ2v) is 4.28. The molecule has 1 N–H and O–H groups in total. The number of hydrogen-bond donors (Lipinski definition) is 1. The molecule has 0 radical (unpaired) electrons. The molecule has 0 aliphatic carbocycles. The summed E-state index contributed by atoms with van der Waals surface area (Å²) < 4.78 is 14.2. The highest BCUT2D eigenvalue weighted by Gasteiger charge is 2.29. The van der Waals surface area contributed by atoms with E-state index in [2.05, 4.69) is 11.4 Å². The Hall–Kier alpha value is -0.890. The van der Waals surface area contributed by atoms with Crippen molar-refractivity contribution in [3.8, 4) is 0 Å². The standard InChI is InChI=1S/C12H16FN/c1-9-3-4-11-10(7-9)8-14-6-5-12(11,2)13/h3-4,7,14H,5-6,8H2,1-2H3. The maximum absolute atomic E-state index is 14.2. The Morgan fingerprint density at radius 2 is 2.21 bits per heavy atom. The van der Waals surface area contributed by atoms with Crippen LogP contribution in [0.3, 0.4) is 0 Å². The third kappa shape index (κ3) is 1.67. The number of aryl methyl sites for hydroxylation is 1. The van der Waals surface area contributed by atoms with Gasteiger partial charge in [0.1, 0.15) is 5.67 Å². The first-order valence-corrected chi connectivity index (χ1v) is 5.09. The fourth-order valence-electron chi connectivity index (χ4n) is 2.06. The minimum absolute atomic E-state index is 0.559. The number of nitrogens with one attached hydrogen (secondary N) is 1. The van der Waals surface area contributed by atoms with Crippen molar-refractivity contribution in [3.63, 3.8) is 0 Å². The zero-order valence-corrected chi connectivity index (χ0v) is 8.73. The van der Waals surface area contributed by atoms with Gasteiger partial charge < -0.3 is 5.32 Å². The number of rotatable bonds is 0. The molecule has 0 bridgehead atoms. The molecule has 1 atom stereocenters. The van der Waals surface area contributed by atoms with Crippen molar-refractivity contribution < 1.29 is 4.39 Å². The van der Waals surface area contributed by atoms with Crippen LogP contribution in [0.5, 0.6) is 0 Å². The second-order valence-electron chi connectivity index (χ2n) is 4.28. The summed E-state index contributed by atoms with van der Waals surface area (Å²) in [4.78, 5) is 0. The van der Waals surface area contributed by atoms with Gasteiger partial charge in [-0.1, -0.05) is 23.8 Å². The van der Waals surface area contributed by atoms with E-state index in [4.69, 9.17) is 0 Å². The van der Waals surface area contributed by atoms with Crippen LogP contribution < -0.4 is 5.32 Å². The van der Waals surface area contributed by atoms with Gasteiger partial charge in [0.2, 0.25) is 0 Å². The van der Waals surface area contributed by atoms with E-state index >= 15 is 0 Å². The van der Waals surface area contributed by atoms with Gasteiger partial charge in [0.25, 0.3) is 0 Å². The Balaban J connectivity index is 2.50. The van der Waals surface area contributed by atoms with Crippen molar-refractivity contribution in [2.45, 2.75) is 32.5 Å². The van der Waals surface area contributed by atoms with Gasteiger partial charge in [-0.05, 0) is 37.9 Å². The summed E-state index contributed by atoms with van der Waals surface area (Å²) in [6.07, 6.45) is 0.559. The minimum atomic E-state index is -1.17. The first-order chi connectivity index (χ1) is 6.59. The molecule has 0 saturated carbocycles. The zero-order valence-electron chi connectivity index (χ0n) is 8.73. The number of halogens is 1. The Labute approximate surface area is 84.3 Å². The summed E-state index contributed by atoms with van der Waals surface area (Å²) in [5.74, 6) is 0. The van der Waals surface area contributed by atoms with Gasteiger partial charge in [-0.25, -0.2) is 4.39 Å². The van der Waals surface area contributed by atoms with Crippen molar-refractivity contribution >= 4 is 0 Å². The smallest absolute Gasteiger partial charge is 0.134 e. The summed E-state index contributed by atoms with van der Waals surface area (Å²) in [5, 5.41) is 3.25. The van der Waals surface area contributed by atoms with Crippen molar-refractivity contribution in [2.75, 3.05) is 6.54 Å². The molecule has 2 heteroatoms. The first-order valence-electron chi connectivity index (χ1n) is 5.09. The fourth-order valence-corrected chi connectivity index (χ4v) is 2.06. The van der Waals surface area contributed by atoms with Crippen LogP contribution in [0.4, 0.5) is 4.39 Å². The molecule has 1 aromatic carbocycles. The molecule has 0 aromatic heterocycles.